The molecule has 18 heavy (non-hydrogen) atoms. The Morgan fingerprint density at radius 3 is 2.78 bits per heavy atom. The van der Waals surface area contributed by atoms with Crippen molar-refractivity contribution in [2.75, 3.05) is 19.7 Å². The molecule has 0 atom stereocenters. The summed E-state index contributed by atoms with van der Waals surface area (Å²) >= 11 is 0. The van der Waals surface area contributed by atoms with E-state index in [0.29, 0.717) is 0 Å². The highest BCUT2D eigenvalue weighted by molar-refractivity contribution is 5.55. The van der Waals surface area contributed by atoms with Crippen LogP contribution >= 0.6 is 0 Å². The van der Waals surface area contributed by atoms with Crippen molar-refractivity contribution in [3.05, 3.63) is 35.4 Å². The smallest absolute Gasteiger partial charge is 0.119 e. The van der Waals surface area contributed by atoms with Crippen LogP contribution < -0.4 is 10.1 Å². The van der Waals surface area contributed by atoms with Crippen LogP contribution in [0.3, 0.4) is 0 Å². The molecule has 0 spiro atoms. The van der Waals surface area contributed by atoms with Crippen LogP contribution in [0.25, 0.3) is 6.08 Å². The molecule has 1 N–H and O–H groups in total. The van der Waals surface area contributed by atoms with Gasteiger partial charge in [-0.2, -0.15) is 0 Å². The summed E-state index contributed by atoms with van der Waals surface area (Å²) in [4.78, 5) is 0. The Bertz CT molecular complexity index is 371. The summed E-state index contributed by atoms with van der Waals surface area (Å²) in [7, 11) is 0. The molecule has 0 amide bonds. The minimum atomic E-state index is 0.783. The van der Waals surface area contributed by atoms with Crippen molar-refractivity contribution in [3.63, 3.8) is 0 Å². The van der Waals surface area contributed by atoms with Crippen molar-refractivity contribution >= 4 is 6.08 Å². The molecule has 100 valence electrons. The van der Waals surface area contributed by atoms with E-state index in [-0.39, 0.29) is 0 Å². The van der Waals surface area contributed by atoms with Gasteiger partial charge >= 0.3 is 0 Å². The lowest BCUT2D eigenvalue weighted by Crippen LogP contribution is -2.15. The van der Waals surface area contributed by atoms with E-state index in [1.54, 1.807) is 0 Å². The first-order chi connectivity index (χ1) is 8.80. The summed E-state index contributed by atoms with van der Waals surface area (Å²) in [5.41, 5.74) is 2.64. The zero-order chi connectivity index (χ0) is 13.2. The van der Waals surface area contributed by atoms with Crippen LogP contribution in [0.4, 0.5) is 0 Å². The Morgan fingerprint density at radius 1 is 1.28 bits per heavy atom. The van der Waals surface area contributed by atoms with Gasteiger partial charge in [-0.05, 0) is 37.1 Å². The summed E-state index contributed by atoms with van der Waals surface area (Å²) in [5.74, 6) is 0.963. The van der Waals surface area contributed by atoms with Crippen LogP contribution in [-0.2, 0) is 0 Å². The summed E-state index contributed by atoms with van der Waals surface area (Å²) in [6.45, 7) is 9.21. The highest BCUT2D eigenvalue weighted by Gasteiger charge is 1.97. The van der Waals surface area contributed by atoms with Gasteiger partial charge in [-0.25, -0.2) is 0 Å². The molecular formula is C16H25NO. The van der Waals surface area contributed by atoms with Crippen molar-refractivity contribution in [1.82, 2.24) is 5.32 Å². The number of likely N-dealkylation sites (N-methyl/N-ethyl adjacent to an activating group) is 1. The Hall–Kier alpha value is -1.28. The van der Waals surface area contributed by atoms with Crippen LogP contribution in [0.2, 0.25) is 0 Å². The third kappa shape index (κ3) is 5.37. The van der Waals surface area contributed by atoms with E-state index in [0.717, 1.165) is 38.3 Å². The Labute approximate surface area is 111 Å². The minimum Gasteiger partial charge on any atom is -0.494 e. The van der Waals surface area contributed by atoms with Gasteiger partial charge < -0.3 is 10.1 Å². The molecule has 0 heterocycles. The predicted octanol–water partition coefficient (Wildman–Crippen LogP) is 3.88. The molecule has 0 radical (unpaired) electrons. The first-order valence-corrected chi connectivity index (χ1v) is 6.93. The van der Waals surface area contributed by atoms with Crippen molar-refractivity contribution in [1.29, 1.82) is 0 Å². The van der Waals surface area contributed by atoms with Gasteiger partial charge in [-0.3, -0.25) is 0 Å². The predicted molar refractivity (Wildman–Crippen MR) is 79.0 cm³/mol. The largest absolute Gasteiger partial charge is 0.494 e. The van der Waals surface area contributed by atoms with Gasteiger partial charge in [0.25, 0.3) is 0 Å². The molecule has 2 heteroatoms. The van der Waals surface area contributed by atoms with Gasteiger partial charge in [-0.15, -0.1) is 0 Å². The molecule has 1 aromatic rings. The Kier molecular flexibility index (Phi) is 7.19. The summed E-state index contributed by atoms with van der Waals surface area (Å²) in [6, 6.07) is 8.30. The molecule has 0 fully saturated rings. The number of ether oxygens (including phenoxy) is 1. The van der Waals surface area contributed by atoms with Crippen molar-refractivity contribution in [2.24, 2.45) is 0 Å². The fraction of sp³-hybridized carbons (Fsp3) is 0.500. The number of rotatable bonds is 8. The summed E-state index contributed by atoms with van der Waals surface area (Å²) in [6.07, 6.45) is 4.37. The Morgan fingerprint density at radius 2 is 2.11 bits per heavy atom. The second-order valence-electron chi connectivity index (χ2n) is 4.36. The number of benzene rings is 1. The van der Waals surface area contributed by atoms with E-state index in [9.17, 15) is 0 Å². The Balaban J connectivity index is 2.71. The molecule has 0 aliphatic heterocycles. The SMILES string of the molecule is CCCOc1cccc(C=C(CC)CNCC)c1. The molecule has 0 aliphatic carbocycles. The normalized spacial score (nSPS) is 11.6. The third-order valence-corrected chi connectivity index (χ3v) is 2.76. The van der Waals surface area contributed by atoms with Gasteiger partial charge in [0.15, 0.2) is 0 Å². The molecular weight excluding hydrogens is 222 g/mol. The zero-order valence-electron chi connectivity index (χ0n) is 11.8. The maximum absolute atomic E-state index is 5.65. The molecule has 1 rings (SSSR count). The molecule has 0 unspecified atom stereocenters. The van der Waals surface area contributed by atoms with Crippen LogP contribution in [0.15, 0.2) is 29.8 Å². The quantitative estimate of drug-likeness (QED) is 0.752. The maximum atomic E-state index is 5.65. The van der Waals surface area contributed by atoms with Crippen LogP contribution in [0.5, 0.6) is 5.75 Å². The van der Waals surface area contributed by atoms with E-state index >= 15 is 0 Å². The van der Waals surface area contributed by atoms with Crippen molar-refractivity contribution in [3.8, 4) is 5.75 Å². The highest BCUT2D eigenvalue weighted by Crippen LogP contribution is 2.16. The third-order valence-electron chi connectivity index (χ3n) is 2.76. The average Bonchev–Trinajstić information content (AvgIpc) is 2.41. The molecule has 0 saturated heterocycles. The topological polar surface area (TPSA) is 21.3 Å². The summed E-state index contributed by atoms with van der Waals surface area (Å²) in [5, 5.41) is 3.37. The van der Waals surface area contributed by atoms with E-state index in [2.05, 4.69) is 50.4 Å². The minimum absolute atomic E-state index is 0.783. The lowest BCUT2D eigenvalue weighted by atomic mass is 10.1. The fourth-order valence-corrected chi connectivity index (χ4v) is 1.71. The first kappa shape index (κ1) is 14.8. The van der Waals surface area contributed by atoms with E-state index in [1.165, 1.54) is 11.1 Å². The standard InChI is InChI=1S/C16H25NO/c1-4-10-18-16-9-7-8-15(12-16)11-14(5-2)13-17-6-3/h7-9,11-12,17H,4-6,10,13H2,1-3H3. The molecule has 0 bridgehead atoms. The van der Waals surface area contributed by atoms with Gasteiger partial charge in [-0.1, -0.05) is 44.6 Å². The molecule has 0 aromatic heterocycles. The lowest BCUT2D eigenvalue weighted by molar-refractivity contribution is 0.317. The lowest BCUT2D eigenvalue weighted by Gasteiger charge is -2.07. The maximum Gasteiger partial charge on any atom is 0.119 e. The first-order valence-electron chi connectivity index (χ1n) is 6.93. The second-order valence-corrected chi connectivity index (χ2v) is 4.36. The van der Waals surface area contributed by atoms with Crippen molar-refractivity contribution in [2.45, 2.75) is 33.6 Å². The van der Waals surface area contributed by atoms with Gasteiger partial charge in [0.1, 0.15) is 5.75 Å². The zero-order valence-corrected chi connectivity index (χ0v) is 11.8. The average molecular weight is 247 g/mol. The van der Waals surface area contributed by atoms with E-state index < -0.39 is 0 Å². The molecule has 2 nitrogen and oxygen atoms in total. The fourth-order valence-electron chi connectivity index (χ4n) is 1.71. The highest BCUT2D eigenvalue weighted by atomic mass is 16.5. The van der Waals surface area contributed by atoms with Crippen LogP contribution in [0, 0.1) is 0 Å². The monoisotopic (exact) mass is 247 g/mol. The molecule has 0 aliphatic rings. The molecule has 0 saturated carbocycles. The van der Waals surface area contributed by atoms with Crippen LogP contribution in [-0.4, -0.2) is 19.7 Å². The van der Waals surface area contributed by atoms with Crippen LogP contribution in [0.1, 0.15) is 39.2 Å². The van der Waals surface area contributed by atoms with E-state index in [4.69, 9.17) is 4.74 Å². The van der Waals surface area contributed by atoms with Crippen molar-refractivity contribution < 1.29 is 4.74 Å². The number of hydrogen-bond donors (Lipinski definition) is 1. The second kappa shape index (κ2) is 8.76. The van der Waals surface area contributed by atoms with Gasteiger partial charge in [0, 0.05) is 6.54 Å². The molecule has 1 aromatic carbocycles. The van der Waals surface area contributed by atoms with E-state index in [1.807, 2.05) is 6.07 Å². The summed E-state index contributed by atoms with van der Waals surface area (Å²) < 4.78 is 5.65. The number of nitrogens with one attached hydrogen (secondary N) is 1. The number of hydrogen-bond acceptors (Lipinski definition) is 2. The van der Waals surface area contributed by atoms with Gasteiger partial charge in [0.2, 0.25) is 0 Å². The van der Waals surface area contributed by atoms with Gasteiger partial charge in [0.05, 0.1) is 6.61 Å².